The monoisotopic (exact) mass is 322 g/mol. The highest BCUT2D eigenvalue weighted by molar-refractivity contribution is 5.94. The summed E-state index contributed by atoms with van der Waals surface area (Å²) in [4.78, 5) is 12.0. The molecule has 3 rings (SSSR count). The van der Waals surface area contributed by atoms with Crippen molar-refractivity contribution in [2.75, 3.05) is 0 Å². The second-order valence-corrected chi connectivity index (χ2v) is 4.98. The van der Waals surface area contributed by atoms with Crippen molar-refractivity contribution in [3.8, 4) is 22.8 Å². The molecular weight excluding hydrogens is 308 g/mol. The molecule has 0 bridgehead atoms. The molecule has 24 heavy (non-hydrogen) atoms. The number of aromatic amines is 1. The summed E-state index contributed by atoms with van der Waals surface area (Å²) in [6.07, 6.45) is 1.35. The van der Waals surface area contributed by atoms with E-state index in [9.17, 15) is 15.0 Å². The molecule has 0 fully saturated rings. The predicted octanol–water partition coefficient (Wildman–Crippen LogP) is 2.25. The third kappa shape index (κ3) is 3.41. The van der Waals surface area contributed by atoms with Crippen LogP contribution in [0.3, 0.4) is 0 Å². The summed E-state index contributed by atoms with van der Waals surface area (Å²) < 4.78 is 0. The van der Waals surface area contributed by atoms with Gasteiger partial charge in [-0.05, 0) is 29.8 Å². The Morgan fingerprint density at radius 1 is 1.08 bits per heavy atom. The third-order valence-electron chi connectivity index (χ3n) is 3.27. The van der Waals surface area contributed by atoms with E-state index in [1.54, 1.807) is 12.1 Å². The summed E-state index contributed by atoms with van der Waals surface area (Å²) in [5.74, 6) is -0.919. The Labute approximate surface area is 137 Å². The number of amides is 1. The molecule has 0 radical (unpaired) electrons. The van der Waals surface area contributed by atoms with Crippen LogP contribution >= 0.6 is 0 Å². The minimum atomic E-state index is -0.441. The fraction of sp³-hybridized carbons (Fsp3) is 0. The largest absolute Gasteiger partial charge is 0.504 e. The maximum absolute atomic E-state index is 12.0. The van der Waals surface area contributed by atoms with Gasteiger partial charge in [-0.1, -0.05) is 30.3 Å². The van der Waals surface area contributed by atoms with E-state index < -0.39 is 5.91 Å². The number of nitrogens with zero attached hydrogens (tertiary/aromatic N) is 2. The third-order valence-corrected chi connectivity index (χ3v) is 3.27. The first-order valence-corrected chi connectivity index (χ1v) is 7.10. The Morgan fingerprint density at radius 2 is 1.88 bits per heavy atom. The van der Waals surface area contributed by atoms with Crippen molar-refractivity contribution >= 4 is 12.1 Å². The number of benzene rings is 2. The van der Waals surface area contributed by atoms with E-state index in [1.165, 1.54) is 18.3 Å². The molecule has 7 heteroatoms. The predicted molar refractivity (Wildman–Crippen MR) is 88.9 cm³/mol. The quantitative estimate of drug-likeness (QED) is 0.335. The van der Waals surface area contributed by atoms with Gasteiger partial charge in [-0.3, -0.25) is 9.89 Å². The van der Waals surface area contributed by atoms with E-state index in [1.807, 2.05) is 30.3 Å². The molecule has 0 aliphatic heterocycles. The molecule has 3 aromatic rings. The molecule has 0 aliphatic rings. The number of hydrogen-bond acceptors (Lipinski definition) is 5. The van der Waals surface area contributed by atoms with Gasteiger partial charge in [-0.25, -0.2) is 5.43 Å². The number of carbonyl (C=O) groups is 1. The number of aromatic nitrogens is 2. The van der Waals surface area contributed by atoms with Gasteiger partial charge in [0.1, 0.15) is 5.69 Å². The van der Waals surface area contributed by atoms with Gasteiger partial charge in [0.15, 0.2) is 11.5 Å². The van der Waals surface area contributed by atoms with Crippen molar-refractivity contribution in [3.05, 3.63) is 65.9 Å². The molecule has 0 atom stereocenters. The molecule has 0 aliphatic carbocycles. The van der Waals surface area contributed by atoms with E-state index >= 15 is 0 Å². The maximum Gasteiger partial charge on any atom is 0.289 e. The lowest BCUT2D eigenvalue weighted by Gasteiger charge is -1.98. The first kappa shape index (κ1) is 15.3. The molecule has 120 valence electrons. The van der Waals surface area contributed by atoms with Gasteiger partial charge < -0.3 is 10.2 Å². The number of nitrogens with one attached hydrogen (secondary N) is 2. The van der Waals surface area contributed by atoms with Crippen molar-refractivity contribution in [1.82, 2.24) is 15.6 Å². The topological polar surface area (TPSA) is 111 Å². The van der Waals surface area contributed by atoms with Crippen LogP contribution in [0.1, 0.15) is 16.1 Å². The SMILES string of the molecule is O=C(NN=Cc1ccc(O)c(O)c1)c1cc(-c2ccccc2)n[nH]1. The van der Waals surface area contributed by atoms with Gasteiger partial charge in [0.25, 0.3) is 5.91 Å². The van der Waals surface area contributed by atoms with Crippen LogP contribution in [0.2, 0.25) is 0 Å². The zero-order chi connectivity index (χ0) is 16.9. The smallest absolute Gasteiger partial charge is 0.289 e. The lowest BCUT2D eigenvalue weighted by Crippen LogP contribution is -2.17. The number of carbonyl (C=O) groups excluding carboxylic acids is 1. The van der Waals surface area contributed by atoms with Gasteiger partial charge in [0, 0.05) is 5.56 Å². The highest BCUT2D eigenvalue weighted by atomic mass is 16.3. The number of rotatable bonds is 4. The van der Waals surface area contributed by atoms with Crippen LogP contribution in [0.25, 0.3) is 11.3 Å². The summed E-state index contributed by atoms with van der Waals surface area (Å²) in [5, 5.41) is 29.2. The Balaban J connectivity index is 1.66. The van der Waals surface area contributed by atoms with Crippen molar-refractivity contribution in [2.45, 2.75) is 0 Å². The maximum atomic E-state index is 12.0. The number of hydrogen-bond donors (Lipinski definition) is 4. The van der Waals surface area contributed by atoms with Crippen molar-refractivity contribution in [3.63, 3.8) is 0 Å². The second kappa shape index (κ2) is 6.66. The Morgan fingerprint density at radius 3 is 2.62 bits per heavy atom. The van der Waals surface area contributed by atoms with Crippen molar-refractivity contribution < 1.29 is 15.0 Å². The van der Waals surface area contributed by atoms with Gasteiger partial charge in [-0.15, -0.1) is 0 Å². The summed E-state index contributed by atoms with van der Waals surface area (Å²) in [6.45, 7) is 0. The van der Waals surface area contributed by atoms with Crippen LogP contribution in [-0.4, -0.2) is 32.5 Å². The molecule has 0 unspecified atom stereocenters. The fourth-order valence-electron chi connectivity index (χ4n) is 2.04. The standard InChI is InChI=1S/C17H14N4O3/c22-15-7-6-11(8-16(15)23)10-18-21-17(24)14-9-13(19-20-14)12-4-2-1-3-5-12/h1-10,22-23H,(H,19,20)(H,21,24). The van der Waals surface area contributed by atoms with Crippen molar-refractivity contribution in [1.29, 1.82) is 0 Å². The lowest BCUT2D eigenvalue weighted by atomic mass is 10.1. The number of hydrazone groups is 1. The number of phenolic OH excluding ortho intramolecular Hbond substituents is 2. The van der Waals surface area contributed by atoms with Crippen LogP contribution < -0.4 is 5.43 Å². The van der Waals surface area contributed by atoms with Gasteiger partial charge in [0.2, 0.25) is 0 Å². The van der Waals surface area contributed by atoms with Crippen LogP contribution in [0.4, 0.5) is 0 Å². The second-order valence-electron chi connectivity index (χ2n) is 4.98. The van der Waals surface area contributed by atoms with E-state index in [0.717, 1.165) is 5.56 Å². The normalized spacial score (nSPS) is 10.8. The number of aromatic hydroxyl groups is 2. The average Bonchev–Trinajstić information content (AvgIpc) is 3.09. The van der Waals surface area contributed by atoms with Gasteiger partial charge >= 0.3 is 0 Å². The van der Waals surface area contributed by atoms with E-state index in [4.69, 9.17) is 0 Å². The molecule has 1 heterocycles. The van der Waals surface area contributed by atoms with Crippen LogP contribution in [0.15, 0.2) is 59.7 Å². The molecule has 7 nitrogen and oxygen atoms in total. The lowest BCUT2D eigenvalue weighted by molar-refractivity contribution is 0.0950. The molecule has 1 amide bonds. The molecule has 0 saturated carbocycles. The minimum absolute atomic E-state index is 0.220. The van der Waals surface area contributed by atoms with Crippen molar-refractivity contribution in [2.24, 2.45) is 5.10 Å². The highest BCUT2D eigenvalue weighted by Gasteiger charge is 2.10. The zero-order valence-corrected chi connectivity index (χ0v) is 12.5. The Hall–Kier alpha value is -3.61. The summed E-state index contributed by atoms with van der Waals surface area (Å²) >= 11 is 0. The minimum Gasteiger partial charge on any atom is -0.504 e. The van der Waals surface area contributed by atoms with E-state index in [0.29, 0.717) is 11.3 Å². The van der Waals surface area contributed by atoms with Crippen LogP contribution in [0.5, 0.6) is 11.5 Å². The highest BCUT2D eigenvalue weighted by Crippen LogP contribution is 2.24. The fourth-order valence-corrected chi connectivity index (χ4v) is 2.04. The molecule has 2 aromatic carbocycles. The van der Waals surface area contributed by atoms with Gasteiger partial charge in [0.05, 0.1) is 11.9 Å². The number of H-pyrrole nitrogens is 1. The zero-order valence-electron chi connectivity index (χ0n) is 12.5. The van der Waals surface area contributed by atoms with E-state index in [-0.39, 0.29) is 17.2 Å². The first-order valence-electron chi connectivity index (χ1n) is 7.10. The molecular formula is C17H14N4O3. The van der Waals surface area contributed by atoms with Gasteiger partial charge in [-0.2, -0.15) is 10.2 Å². The molecule has 1 aromatic heterocycles. The Kier molecular flexibility index (Phi) is 4.24. The summed E-state index contributed by atoms with van der Waals surface area (Å²) in [5.41, 5.74) is 4.73. The summed E-state index contributed by atoms with van der Waals surface area (Å²) in [6, 6.07) is 15.3. The van der Waals surface area contributed by atoms with Crippen LogP contribution in [-0.2, 0) is 0 Å². The van der Waals surface area contributed by atoms with E-state index in [2.05, 4.69) is 20.7 Å². The molecule has 0 spiro atoms. The molecule has 0 saturated heterocycles. The number of phenols is 2. The average molecular weight is 322 g/mol. The first-order chi connectivity index (χ1) is 11.6. The summed E-state index contributed by atoms with van der Waals surface area (Å²) in [7, 11) is 0. The Bertz CT molecular complexity index is 888. The van der Waals surface area contributed by atoms with Crippen LogP contribution in [0, 0.1) is 0 Å². The molecule has 4 N–H and O–H groups in total.